The fourth-order valence-electron chi connectivity index (χ4n) is 3.26. The monoisotopic (exact) mass is 475 g/mol. The second-order valence-corrected chi connectivity index (χ2v) is 10.2. The summed E-state index contributed by atoms with van der Waals surface area (Å²) >= 11 is 14.2. The molecule has 4 rings (SSSR count). The minimum Gasteiger partial charge on any atom is -0.355 e. The minimum absolute atomic E-state index is 0.127. The molecule has 1 fully saturated rings. The predicted molar refractivity (Wildman–Crippen MR) is 129 cm³/mol. The van der Waals surface area contributed by atoms with Crippen molar-refractivity contribution >= 4 is 75.2 Å². The quantitative estimate of drug-likeness (QED) is 0.490. The number of hydrogen-bond acceptors (Lipinski definition) is 6. The van der Waals surface area contributed by atoms with Gasteiger partial charge in [0.1, 0.15) is 10.9 Å². The number of fused-ring (bicyclic) bond motifs is 1. The summed E-state index contributed by atoms with van der Waals surface area (Å²) in [6, 6.07) is 11.4. The Morgan fingerprint density at radius 3 is 2.87 bits per heavy atom. The van der Waals surface area contributed by atoms with Crippen LogP contribution in [0.15, 0.2) is 46.2 Å². The highest BCUT2D eigenvalue weighted by atomic mass is 35.5. The van der Waals surface area contributed by atoms with Crippen molar-refractivity contribution in [3.05, 3.63) is 63.0 Å². The van der Waals surface area contributed by atoms with E-state index in [1.54, 1.807) is 23.9 Å². The number of nitrogens with zero attached hydrogens (tertiary/aromatic N) is 1. The van der Waals surface area contributed by atoms with Gasteiger partial charge in [0.05, 0.1) is 10.6 Å². The molecule has 9 heteroatoms. The summed E-state index contributed by atoms with van der Waals surface area (Å²) in [5.41, 5.74) is 3.79. The Balaban J connectivity index is 1.40. The lowest BCUT2D eigenvalue weighted by molar-refractivity contribution is -0.128. The van der Waals surface area contributed by atoms with E-state index in [0.717, 1.165) is 21.7 Å². The van der Waals surface area contributed by atoms with Gasteiger partial charge in [-0.2, -0.15) is 0 Å². The second-order valence-electron chi connectivity index (χ2n) is 6.95. The standard InChI is InChI=1S/C21H18ClN3O2S3/c1-11-7-12(2)18-15(8-11)29-20(24-18)23-17(26)10-25-19(27)16(30-21(25)28)9-13-5-3-4-6-14(13)22/h3-9,20,24H,10H2,1-2H3,(H,23,26)/b16-9+/t20-/m0/s1. The maximum Gasteiger partial charge on any atom is 0.266 e. The summed E-state index contributed by atoms with van der Waals surface area (Å²) in [5, 5.41) is 6.79. The fraction of sp³-hybridized carbons (Fsp3) is 0.190. The molecule has 2 amide bonds. The maximum atomic E-state index is 12.8. The number of thioether (sulfide) groups is 2. The molecule has 5 nitrogen and oxygen atoms in total. The van der Waals surface area contributed by atoms with Gasteiger partial charge in [-0.05, 0) is 48.7 Å². The average Bonchev–Trinajstić information content (AvgIpc) is 3.19. The Morgan fingerprint density at radius 1 is 1.33 bits per heavy atom. The molecule has 2 N–H and O–H groups in total. The molecule has 2 aromatic carbocycles. The molecule has 0 saturated carbocycles. The van der Waals surface area contributed by atoms with Gasteiger partial charge in [0.2, 0.25) is 5.91 Å². The summed E-state index contributed by atoms with van der Waals surface area (Å²) in [4.78, 5) is 28.2. The normalized spacial score (nSPS) is 19.2. The molecule has 0 unspecified atom stereocenters. The molecule has 1 saturated heterocycles. The van der Waals surface area contributed by atoms with E-state index < -0.39 is 0 Å². The first-order valence-electron chi connectivity index (χ1n) is 9.15. The number of carbonyl (C=O) groups is 2. The lowest BCUT2D eigenvalue weighted by atomic mass is 10.1. The Bertz CT molecular complexity index is 1100. The van der Waals surface area contributed by atoms with Gasteiger partial charge < -0.3 is 10.6 Å². The largest absolute Gasteiger partial charge is 0.355 e. The molecule has 0 aliphatic carbocycles. The fourth-order valence-corrected chi connectivity index (χ4v) is 5.91. The summed E-state index contributed by atoms with van der Waals surface area (Å²) in [7, 11) is 0. The first kappa shape index (κ1) is 21.2. The number of aryl methyl sites for hydroxylation is 2. The van der Waals surface area contributed by atoms with Crippen molar-refractivity contribution < 1.29 is 9.59 Å². The van der Waals surface area contributed by atoms with E-state index in [1.165, 1.54) is 22.2 Å². The van der Waals surface area contributed by atoms with Gasteiger partial charge in [-0.3, -0.25) is 14.5 Å². The summed E-state index contributed by atoms with van der Waals surface area (Å²) in [6.45, 7) is 3.96. The van der Waals surface area contributed by atoms with Gasteiger partial charge in [-0.15, -0.1) is 0 Å². The SMILES string of the molecule is Cc1cc(C)c2c(c1)S[C@@H](NC(=O)CN1C(=O)/C(=C\c3ccccc3Cl)SC1=S)N2. The number of rotatable bonds is 4. The Morgan fingerprint density at radius 2 is 2.10 bits per heavy atom. The molecule has 1 atom stereocenters. The summed E-state index contributed by atoms with van der Waals surface area (Å²) in [5.74, 6) is -0.570. The summed E-state index contributed by atoms with van der Waals surface area (Å²) < 4.78 is 0.357. The van der Waals surface area contributed by atoms with Crippen LogP contribution in [0, 0.1) is 13.8 Å². The number of nitrogens with one attached hydrogen (secondary N) is 2. The van der Waals surface area contributed by atoms with Crippen molar-refractivity contribution in [3.63, 3.8) is 0 Å². The highest BCUT2D eigenvalue weighted by Crippen LogP contribution is 2.40. The molecule has 0 spiro atoms. The van der Waals surface area contributed by atoms with Crippen LogP contribution in [0.2, 0.25) is 5.02 Å². The highest BCUT2D eigenvalue weighted by molar-refractivity contribution is 8.26. The van der Waals surface area contributed by atoms with Gasteiger partial charge in [0, 0.05) is 9.92 Å². The number of halogens is 1. The van der Waals surface area contributed by atoms with Crippen molar-refractivity contribution in [2.75, 3.05) is 11.9 Å². The molecule has 2 aliphatic rings. The van der Waals surface area contributed by atoms with Gasteiger partial charge in [-0.25, -0.2) is 0 Å². The van der Waals surface area contributed by atoms with Crippen LogP contribution >= 0.6 is 47.3 Å². The van der Waals surface area contributed by atoms with Crippen molar-refractivity contribution in [2.24, 2.45) is 0 Å². The van der Waals surface area contributed by atoms with E-state index in [1.807, 2.05) is 32.0 Å². The van der Waals surface area contributed by atoms with E-state index in [0.29, 0.717) is 14.2 Å². The third kappa shape index (κ3) is 4.37. The zero-order chi connectivity index (χ0) is 21.4. The summed E-state index contributed by atoms with van der Waals surface area (Å²) in [6.07, 6.45) is 1.70. The van der Waals surface area contributed by atoms with Crippen LogP contribution < -0.4 is 10.6 Å². The molecule has 2 heterocycles. The van der Waals surface area contributed by atoms with E-state index in [4.69, 9.17) is 23.8 Å². The first-order chi connectivity index (χ1) is 14.3. The molecule has 2 aliphatic heterocycles. The van der Waals surface area contributed by atoms with Crippen LogP contribution in [-0.2, 0) is 9.59 Å². The number of benzene rings is 2. The van der Waals surface area contributed by atoms with Gasteiger partial charge >= 0.3 is 0 Å². The number of hydrogen-bond donors (Lipinski definition) is 2. The average molecular weight is 476 g/mol. The molecule has 0 aromatic heterocycles. The van der Waals surface area contributed by atoms with Crippen LogP contribution in [0.3, 0.4) is 0 Å². The van der Waals surface area contributed by atoms with Gasteiger partial charge in [0.15, 0.2) is 5.50 Å². The van der Waals surface area contributed by atoms with Crippen LogP contribution in [-0.4, -0.2) is 33.1 Å². The van der Waals surface area contributed by atoms with E-state index >= 15 is 0 Å². The highest BCUT2D eigenvalue weighted by Gasteiger charge is 2.34. The molecule has 154 valence electrons. The molecular weight excluding hydrogens is 458 g/mol. The second kappa shape index (κ2) is 8.63. The maximum absolute atomic E-state index is 12.8. The van der Waals surface area contributed by atoms with Crippen LogP contribution in [0.5, 0.6) is 0 Å². The molecular formula is C21H18ClN3O2S3. The zero-order valence-corrected chi connectivity index (χ0v) is 19.4. The van der Waals surface area contributed by atoms with E-state index in [-0.39, 0.29) is 23.9 Å². The van der Waals surface area contributed by atoms with Gasteiger partial charge in [0.25, 0.3) is 5.91 Å². The predicted octanol–water partition coefficient (Wildman–Crippen LogP) is 4.78. The molecule has 0 bridgehead atoms. The van der Waals surface area contributed by atoms with Crippen molar-refractivity contribution in [1.29, 1.82) is 0 Å². The van der Waals surface area contributed by atoms with E-state index in [2.05, 4.69) is 22.8 Å². The minimum atomic E-state index is -0.290. The number of anilines is 1. The number of amides is 2. The molecule has 30 heavy (non-hydrogen) atoms. The third-order valence-corrected chi connectivity index (χ3v) is 7.39. The lowest BCUT2D eigenvalue weighted by Gasteiger charge is -2.17. The molecule has 0 radical (unpaired) electrons. The van der Waals surface area contributed by atoms with Crippen molar-refractivity contribution in [2.45, 2.75) is 24.2 Å². The Kier molecular flexibility index (Phi) is 6.11. The van der Waals surface area contributed by atoms with Crippen LogP contribution in [0.25, 0.3) is 6.08 Å². The number of carbonyl (C=O) groups excluding carboxylic acids is 2. The van der Waals surface area contributed by atoms with Crippen molar-refractivity contribution in [1.82, 2.24) is 10.2 Å². The topological polar surface area (TPSA) is 61.4 Å². The van der Waals surface area contributed by atoms with Crippen LogP contribution in [0.1, 0.15) is 16.7 Å². The lowest BCUT2D eigenvalue weighted by Crippen LogP contribution is -2.44. The smallest absolute Gasteiger partial charge is 0.266 e. The Hall–Kier alpha value is -2.00. The zero-order valence-electron chi connectivity index (χ0n) is 16.2. The molecule has 2 aromatic rings. The Labute approximate surface area is 193 Å². The third-order valence-electron chi connectivity index (χ3n) is 4.62. The van der Waals surface area contributed by atoms with Crippen LogP contribution in [0.4, 0.5) is 5.69 Å². The van der Waals surface area contributed by atoms with E-state index in [9.17, 15) is 9.59 Å². The van der Waals surface area contributed by atoms with Crippen molar-refractivity contribution in [3.8, 4) is 0 Å². The number of thiocarbonyl (C=S) groups is 1. The first-order valence-corrected chi connectivity index (χ1v) is 11.6. The van der Waals surface area contributed by atoms with Gasteiger partial charge in [-0.1, -0.05) is 71.6 Å².